The Hall–Kier alpha value is -0.530. The molecule has 0 saturated heterocycles. The number of aliphatic carboxylic acids is 1. The SMILES string of the molecule is CC[C@@H](C)[C@H](CC)C(=O)O. The minimum Gasteiger partial charge on any atom is -0.481 e. The molecule has 0 spiro atoms. The van der Waals surface area contributed by atoms with E-state index in [2.05, 4.69) is 0 Å². The van der Waals surface area contributed by atoms with Crippen molar-refractivity contribution in [3.8, 4) is 0 Å². The van der Waals surface area contributed by atoms with E-state index in [1.807, 2.05) is 20.8 Å². The van der Waals surface area contributed by atoms with Crippen LogP contribution in [-0.4, -0.2) is 11.1 Å². The highest BCUT2D eigenvalue weighted by Crippen LogP contribution is 2.18. The van der Waals surface area contributed by atoms with Gasteiger partial charge in [0.15, 0.2) is 0 Å². The maximum atomic E-state index is 10.5. The zero-order chi connectivity index (χ0) is 8.15. The quantitative estimate of drug-likeness (QED) is 0.656. The van der Waals surface area contributed by atoms with Gasteiger partial charge in [0, 0.05) is 0 Å². The van der Waals surface area contributed by atoms with Gasteiger partial charge in [0.1, 0.15) is 0 Å². The first-order valence-corrected chi connectivity index (χ1v) is 3.86. The minimum atomic E-state index is -0.656. The molecule has 0 fully saturated rings. The number of hydrogen-bond acceptors (Lipinski definition) is 1. The average Bonchev–Trinajstić information content (AvgIpc) is 1.88. The maximum absolute atomic E-state index is 10.5. The lowest BCUT2D eigenvalue weighted by Crippen LogP contribution is -2.19. The Morgan fingerprint density at radius 1 is 1.40 bits per heavy atom. The van der Waals surface area contributed by atoms with Crippen molar-refractivity contribution < 1.29 is 9.90 Å². The van der Waals surface area contributed by atoms with Crippen LogP contribution in [0.25, 0.3) is 0 Å². The van der Waals surface area contributed by atoms with Crippen LogP contribution in [0.3, 0.4) is 0 Å². The summed E-state index contributed by atoms with van der Waals surface area (Å²) >= 11 is 0. The molecule has 60 valence electrons. The molecule has 1 N–H and O–H groups in total. The Balaban J connectivity index is 3.92. The first-order valence-electron chi connectivity index (χ1n) is 3.86. The van der Waals surface area contributed by atoms with Crippen molar-refractivity contribution >= 4 is 5.97 Å². The highest BCUT2D eigenvalue weighted by molar-refractivity contribution is 5.70. The molecule has 0 bridgehead atoms. The molecule has 2 nitrogen and oxygen atoms in total. The Morgan fingerprint density at radius 2 is 1.90 bits per heavy atom. The fourth-order valence-corrected chi connectivity index (χ4v) is 1.10. The number of hydrogen-bond donors (Lipinski definition) is 1. The molecule has 0 rings (SSSR count). The third-order valence-electron chi connectivity index (χ3n) is 2.09. The van der Waals surface area contributed by atoms with Crippen LogP contribution in [0.2, 0.25) is 0 Å². The van der Waals surface area contributed by atoms with Crippen molar-refractivity contribution in [1.29, 1.82) is 0 Å². The van der Waals surface area contributed by atoms with Crippen LogP contribution in [-0.2, 0) is 4.79 Å². The Morgan fingerprint density at radius 3 is 2.00 bits per heavy atom. The lowest BCUT2D eigenvalue weighted by molar-refractivity contribution is -0.143. The van der Waals surface area contributed by atoms with E-state index < -0.39 is 5.97 Å². The van der Waals surface area contributed by atoms with Crippen LogP contribution < -0.4 is 0 Å². The maximum Gasteiger partial charge on any atom is 0.306 e. The second-order valence-corrected chi connectivity index (χ2v) is 2.74. The van der Waals surface area contributed by atoms with E-state index in [9.17, 15) is 4.79 Å². The molecule has 0 aliphatic carbocycles. The van der Waals surface area contributed by atoms with Crippen molar-refractivity contribution in [3.05, 3.63) is 0 Å². The molecule has 0 unspecified atom stereocenters. The number of carboxylic acids is 1. The number of carbonyl (C=O) groups is 1. The molecule has 2 heteroatoms. The van der Waals surface area contributed by atoms with E-state index in [0.717, 1.165) is 12.8 Å². The summed E-state index contributed by atoms with van der Waals surface area (Å²) in [6.45, 7) is 5.93. The predicted octanol–water partition coefficient (Wildman–Crippen LogP) is 2.14. The van der Waals surface area contributed by atoms with Crippen molar-refractivity contribution in [2.75, 3.05) is 0 Å². The van der Waals surface area contributed by atoms with Crippen LogP contribution in [0, 0.1) is 11.8 Å². The Labute approximate surface area is 62.2 Å². The van der Waals surface area contributed by atoms with E-state index in [1.165, 1.54) is 0 Å². The van der Waals surface area contributed by atoms with Gasteiger partial charge >= 0.3 is 5.97 Å². The van der Waals surface area contributed by atoms with Crippen LogP contribution in [0.5, 0.6) is 0 Å². The summed E-state index contributed by atoms with van der Waals surface area (Å²) < 4.78 is 0. The Kier molecular flexibility index (Phi) is 4.08. The summed E-state index contributed by atoms with van der Waals surface area (Å²) in [4.78, 5) is 10.5. The first-order chi connectivity index (χ1) is 4.63. The predicted molar refractivity (Wildman–Crippen MR) is 40.9 cm³/mol. The normalized spacial score (nSPS) is 16.3. The van der Waals surface area contributed by atoms with Gasteiger partial charge in [-0.05, 0) is 12.3 Å². The fraction of sp³-hybridized carbons (Fsp3) is 0.875. The second-order valence-electron chi connectivity index (χ2n) is 2.74. The molecule has 0 aromatic rings. The van der Waals surface area contributed by atoms with Gasteiger partial charge in [-0.2, -0.15) is 0 Å². The van der Waals surface area contributed by atoms with E-state index in [0.29, 0.717) is 5.92 Å². The summed E-state index contributed by atoms with van der Waals surface area (Å²) in [5.74, 6) is -0.496. The lowest BCUT2D eigenvalue weighted by Gasteiger charge is -2.15. The summed E-state index contributed by atoms with van der Waals surface area (Å²) in [6.07, 6.45) is 1.69. The number of rotatable bonds is 4. The number of carboxylic acid groups (broad SMARTS) is 1. The molecule has 0 aromatic carbocycles. The molecule has 0 amide bonds. The highest BCUT2D eigenvalue weighted by Gasteiger charge is 2.20. The van der Waals surface area contributed by atoms with Crippen molar-refractivity contribution in [2.24, 2.45) is 11.8 Å². The monoisotopic (exact) mass is 144 g/mol. The van der Waals surface area contributed by atoms with Gasteiger partial charge in [0.25, 0.3) is 0 Å². The molecule has 0 aliphatic heterocycles. The van der Waals surface area contributed by atoms with Crippen LogP contribution in [0.1, 0.15) is 33.6 Å². The van der Waals surface area contributed by atoms with Crippen molar-refractivity contribution in [3.63, 3.8) is 0 Å². The van der Waals surface area contributed by atoms with Gasteiger partial charge < -0.3 is 5.11 Å². The minimum absolute atomic E-state index is 0.148. The standard InChI is InChI=1S/C8H16O2/c1-4-6(3)7(5-2)8(9)10/h6-7H,4-5H2,1-3H3,(H,9,10)/t6-,7+/m1/s1. The van der Waals surface area contributed by atoms with Crippen LogP contribution in [0.4, 0.5) is 0 Å². The summed E-state index contributed by atoms with van der Waals surface area (Å²) in [7, 11) is 0. The molecular formula is C8H16O2. The zero-order valence-corrected chi connectivity index (χ0v) is 6.92. The average molecular weight is 144 g/mol. The molecule has 2 atom stereocenters. The summed E-state index contributed by atoms with van der Waals surface area (Å²) in [6, 6.07) is 0. The molecule has 0 saturated carbocycles. The Bertz CT molecular complexity index is 110. The summed E-state index contributed by atoms with van der Waals surface area (Å²) in [5, 5.41) is 8.67. The van der Waals surface area contributed by atoms with E-state index >= 15 is 0 Å². The van der Waals surface area contributed by atoms with E-state index in [1.54, 1.807) is 0 Å². The lowest BCUT2D eigenvalue weighted by atomic mass is 9.90. The molecule has 10 heavy (non-hydrogen) atoms. The third kappa shape index (κ3) is 2.38. The van der Waals surface area contributed by atoms with Crippen molar-refractivity contribution in [1.82, 2.24) is 0 Å². The van der Waals surface area contributed by atoms with Gasteiger partial charge in [0.2, 0.25) is 0 Å². The molecule has 0 radical (unpaired) electrons. The first kappa shape index (κ1) is 9.47. The molecular weight excluding hydrogens is 128 g/mol. The molecule has 0 aromatic heterocycles. The highest BCUT2D eigenvalue weighted by atomic mass is 16.4. The van der Waals surface area contributed by atoms with Gasteiger partial charge in [-0.1, -0.05) is 27.2 Å². The van der Waals surface area contributed by atoms with Gasteiger partial charge in [-0.15, -0.1) is 0 Å². The van der Waals surface area contributed by atoms with Crippen LogP contribution in [0.15, 0.2) is 0 Å². The van der Waals surface area contributed by atoms with Gasteiger partial charge in [-0.3, -0.25) is 4.79 Å². The van der Waals surface area contributed by atoms with Crippen LogP contribution >= 0.6 is 0 Å². The molecule has 0 heterocycles. The fourth-order valence-electron chi connectivity index (χ4n) is 1.10. The van der Waals surface area contributed by atoms with E-state index in [-0.39, 0.29) is 5.92 Å². The van der Waals surface area contributed by atoms with Gasteiger partial charge in [0.05, 0.1) is 5.92 Å². The summed E-state index contributed by atoms with van der Waals surface area (Å²) in [5.41, 5.74) is 0. The largest absolute Gasteiger partial charge is 0.481 e. The topological polar surface area (TPSA) is 37.3 Å². The van der Waals surface area contributed by atoms with E-state index in [4.69, 9.17) is 5.11 Å². The molecule has 0 aliphatic rings. The van der Waals surface area contributed by atoms with Gasteiger partial charge in [-0.25, -0.2) is 0 Å². The zero-order valence-electron chi connectivity index (χ0n) is 6.92. The van der Waals surface area contributed by atoms with Crippen molar-refractivity contribution in [2.45, 2.75) is 33.6 Å². The smallest absolute Gasteiger partial charge is 0.306 e. The third-order valence-corrected chi connectivity index (χ3v) is 2.09. The second kappa shape index (κ2) is 4.31.